The van der Waals surface area contributed by atoms with E-state index in [1.54, 1.807) is 62.5 Å². The first-order chi connectivity index (χ1) is 14.8. The molecule has 0 aliphatic heterocycles. The highest BCUT2D eigenvalue weighted by molar-refractivity contribution is 6.05. The summed E-state index contributed by atoms with van der Waals surface area (Å²) < 4.78 is 10.3. The predicted octanol–water partition coefficient (Wildman–Crippen LogP) is 4.21. The van der Waals surface area contributed by atoms with Crippen molar-refractivity contribution in [3.63, 3.8) is 0 Å². The van der Waals surface area contributed by atoms with Gasteiger partial charge in [-0.3, -0.25) is 9.59 Å². The van der Waals surface area contributed by atoms with Crippen LogP contribution in [0.1, 0.15) is 48.2 Å². The Balaban J connectivity index is 1.75. The van der Waals surface area contributed by atoms with Crippen LogP contribution in [-0.2, 0) is 11.3 Å². The van der Waals surface area contributed by atoms with Crippen LogP contribution in [0.5, 0.6) is 0 Å². The van der Waals surface area contributed by atoms with Crippen molar-refractivity contribution in [1.82, 2.24) is 4.90 Å². The lowest BCUT2D eigenvalue weighted by atomic mass is 10.1. The Morgan fingerprint density at radius 3 is 2.39 bits per heavy atom. The number of rotatable bonds is 6. The monoisotopic (exact) mass is 420 g/mol. The number of nitrogens with one attached hydrogen (secondary N) is 1. The first-order valence-corrected chi connectivity index (χ1v) is 9.70. The van der Waals surface area contributed by atoms with Crippen molar-refractivity contribution in [2.45, 2.75) is 20.4 Å². The molecule has 1 N–H and O–H groups in total. The third kappa shape index (κ3) is 5.01. The second kappa shape index (κ2) is 9.30. The summed E-state index contributed by atoms with van der Waals surface area (Å²) >= 11 is 0. The molecule has 0 bridgehead atoms. The third-order valence-corrected chi connectivity index (χ3v) is 4.88. The second-order valence-electron chi connectivity index (χ2n) is 7.19. The molecule has 0 aliphatic rings. The van der Waals surface area contributed by atoms with Gasteiger partial charge in [-0.2, -0.15) is 0 Å². The molecule has 0 saturated carbocycles. The number of esters is 1. The maximum absolute atomic E-state index is 12.9. The normalized spacial score (nSPS) is 10.5. The van der Waals surface area contributed by atoms with Crippen LogP contribution in [0.4, 0.5) is 5.69 Å². The Morgan fingerprint density at radius 1 is 1.00 bits per heavy atom. The van der Waals surface area contributed by atoms with Crippen molar-refractivity contribution >= 4 is 23.5 Å². The summed E-state index contributed by atoms with van der Waals surface area (Å²) in [6.45, 7) is 3.70. The maximum Gasteiger partial charge on any atom is 0.341 e. The minimum absolute atomic E-state index is 0.177. The Bertz CT molecular complexity index is 1120. The van der Waals surface area contributed by atoms with Crippen LogP contribution < -0.4 is 5.32 Å². The van der Waals surface area contributed by atoms with Gasteiger partial charge in [-0.15, -0.1) is 0 Å². The molecule has 160 valence electrons. The van der Waals surface area contributed by atoms with Gasteiger partial charge in [-0.1, -0.05) is 24.3 Å². The molecule has 0 spiro atoms. The zero-order chi connectivity index (χ0) is 22.5. The summed E-state index contributed by atoms with van der Waals surface area (Å²) in [5.41, 5.74) is 2.70. The third-order valence-electron chi connectivity index (χ3n) is 4.88. The van der Waals surface area contributed by atoms with Crippen LogP contribution in [0, 0.1) is 13.8 Å². The van der Waals surface area contributed by atoms with Gasteiger partial charge in [0.25, 0.3) is 11.8 Å². The quantitative estimate of drug-likeness (QED) is 0.604. The molecule has 0 atom stereocenters. The van der Waals surface area contributed by atoms with Crippen molar-refractivity contribution in [3.8, 4) is 0 Å². The van der Waals surface area contributed by atoms with Gasteiger partial charge in [0, 0.05) is 23.9 Å². The summed E-state index contributed by atoms with van der Waals surface area (Å²) in [4.78, 5) is 38.6. The molecule has 3 rings (SSSR count). The van der Waals surface area contributed by atoms with Crippen molar-refractivity contribution in [2.24, 2.45) is 0 Å². The maximum atomic E-state index is 12.9. The highest BCUT2D eigenvalue weighted by Gasteiger charge is 2.19. The first kappa shape index (κ1) is 21.8. The summed E-state index contributed by atoms with van der Waals surface area (Å²) in [7, 11) is 2.94. The van der Waals surface area contributed by atoms with Crippen molar-refractivity contribution < 1.29 is 23.5 Å². The predicted molar refractivity (Wildman–Crippen MR) is 116 cm³/mol. The van der Waals surface area contributed by atoms with E-state index in [9.17, 15) is 14.4 Å². The Hall–Kier alpha value is -3.87. The van der Waals surface area contributed by atoms with Gasteiger partial charge in [-0.25, -0.2) is 4.79 Å². The summed E-state index contributed by atoms with van der Waals surface area (Å²) in [5.74, 6) is -0.0758. The van der Waals surface area contributed by atoms with Gasteiger partial charge in [0.15, 0.2) is 0 Å². The fraction of sp³-hybridized carbons (Fsp3) is 0.208. The van der Waals surface area contributed by atoms with Crippen LogP contribution >= 0.6 is 0 Å². The molecule has 0 saturated heterocycles. The van der Waals surface area contributed by atoms with E-state index in [0.29, 0.717) is 33.9 Å². The Labute approximate surface area is 180 Å². The summed E-state index contributed by atoms with van der Waals surface area (Å²) in [5, 5.41) is 2.86. The van der Waals surface area contributed by atoms with E-state index in [1.807, 2.05) is 13.0 Å². The van der Waals surface area contributed by atoms with Crippen LogP contribution in [-0.4, -0.2) is 36.8 Å². The van der Waals surface area contributed by atoms with Crippen LogP contribution in [0.2, 0.25) is 0 Å². The van der Waals surface area contributed by atoms with Crippen molar-refractivity contribution in [1.29, 1.82) is 0 Å². The lowest BCUT2D eigenvalue weighted by molar-refractivity contribution is 0.0598. The minimum Gasteiger partial charge on any atom is -0.465 e. The van der Waals surface area contributed by atoms with Crippen LogP contribution in [0.25, 0.3) is 0 Å². The number of aryl methyl sites for hydroxylation is 2. The van der Waals surface area contributed by atoms with E-state index in [0.717, 1.165) is 5.56 Å². The average molecular weight is 420 g/mol. The highest BCUT2D eigenvalue weighted by Crippen LogP contribution is 2.21. The number of benzene rings is 2. The summed E-state index contributed by atoms with van der Waals surface area (Å²) in [6, 6.07) is 15.6. The van der Waals surface area contributed by atoms with Crippen molar-refractivity contribution in [2.75, 3.05) is 19.5 Å². The second-order valence-corrected chi connectivity index (χ2v) is 7.19. The number of furan rings is 1. The molecule has 1 aromatic heterocycles. The number of carbonyl (C=O) groups is 3. The van der Waals surface area contributed by atoms with E-state index in [2.05, 4.69) is 5.32 Å². The van der Waals surface area contributed by atoms with Gasteiger partial charge in [-0.05, 0) is 49.7 Å². The molecule has 0 unspecified atom stereocenters. The number of amides is 2. The lowest BCUT2D eigenvalue weighted by Gasteiger charge is -2.17. The molecule has 1 heterocycles. The summed E-state index contributed by atoms with van der Waals surface area (Å²) in [6.07, 6.45) is 0. The number of carbonyl (C=O) groups excluding carboxylic acids is 3. The zero-order valence-electron chi connectivity index (χ0n) is 17.9. The fourth-order valence-electron chi connectivity index (χ4n) is 3.13. The van der Waals surface area contributed by atoms with Crippen molar-refractivity contribution in [3.05, 3.63) is 88.4 Å². The Kier molecular flexibility index (Phi) is 6.55. The number of nitrogens with zero attached hydrogens (tertiary/aromatic N) is 1. The van der Waals surface area contributed by atoms with Crippen LogP contribution in [0.3, 0.4) is 0 Å². The number of hydrogen-bond donors (Lipinski definition) is 1. The number of methoxy groups -OCH3 is 1. The fourth-order valence-corrected chi connectivity index (χ4v) is 3.13. The molecule has 0 fully saturated rings. The van der Waals surface area contributed by atoms with E-state index in [4.69, 9.17) is 9.15 Å². The molecular formula is C24H24N2O5. The molecule has 3 aromatic rings. The molecule has 0 radical (unpaired) electrons. The number of hydrogen-bond acceptors (Lipinski definition) is 5. The SMILES string of the molecule is COC(=O)c1cc(CN(C)C(=O)c2ccc(C)c(NC(=O)c3ccccc3)c2)oc1C. The van der Waals surface area contributed by atoms with Gasteiger partial charge < -0.3 is 19.4 Å². The number of anilines is 1. The molecule has 7 heteroatoms. The molecule has 0 aliphatic carbocycles. The van der Waals surface area contributed by atoms with Gasteiger partial charge in [0.1, 0.15) is 17.1 Å². The smallest absolute Gasteiger partial charge is 0.341 e. The minimum atomic E-state index is -0.487. The van der Waals surface area contributed by atoms with E-state index in [1.165, 1.54) is 12.0 Å². The average Bonchev–Trinajstić information content (AvgIpc) is 3.14. The lowest BCUT2D eigenvalue weighted by Crippen LogP contribution is -2.26. The molecule has 7 nitrogen and oxygen atoms in total. The topological polar surface area (TPSA) is 88.9 Å². The molecule has 2 amide bonds. The van der Waals surface area contributed by atoms with Gasteiger partial charge in [0.05, 0.1) is 13.7 Å². The molecular weight excluding hydrogens is 396 g/mol. The first-order valence-electron chi connectivity index (χ1n) is 9.70. The van der Waals surface area contributed by atoms with Gasteiger partial charge in [0.2, 0.25) is 0 Å². The van der Waals surface area contributed by atoms with E-state index < -0.39 is 5.97 Å². The zero-order valence-corrected chi connectivity index (χ0v) is 17.9. The van der Waals surface area contributed by atoms with Gasteiger partial charge >= 0.3 is 5.97 Å². The van der Waals surface area contributed by atoms with Crippen LogP contribution in [0.15, 0.2) is 59.0 Å². The molecule has 31 heavy (non-hydrogen) atoms. The molecule has 2 aromatic carbocycles. The Morgan fingerprint density at radius 2 is 1.71 bits per heavy atom. The standard InChI is InChI=1S/C24H24N2O5/c1-15-10-11-18(12-21(15)25-22(27)17-8-6-5-7-9-17)23(28)26(3)14-19-13-20(16(2)31-19)24(29)30-4/h5-13H,14H2,1-4H3,(H,25,27). The van der Waals surface area contributed by atoms with E-state index >= 15 is 0 Å². The largest absolute Gasteiger partial charge is 0.465 e. The highest BCUT2D eigenvalue weighted by atomic mass is 16.5. The number of ether oxygens (including phenoxy) is 1. The van der Waals surface area contributed by atoms with E-state index in [-0.39, 0.29) is 18.4 Å².